The second-order valence-corrected chi connectivity index (χ2v) is 9.74. The van der Waals surface area contributed by atoms with E-state index in [1.54, 1.807) is 6.07 Å². The minimum atomic E-state index is -0.817. The lowest BCUT2D eigenvalue weighted by atomic mass is 9.76. The number of hydrogen-bond donors (Lipinski definition) is 3. The Hall–Kier alpha value is -3.08. The number of fused-ring (bicyclic) bond motifs is 4. The first kappa shape index (κ1) is 25.6. The standard InChI is InChI=1S/C27H30F2N2O6/c28-16-1-3-22(29)15(9-16)13-30-25(33)12-19-11-21-20-10-17(31-27(34)26(21)24(14-32)37-19)2-4-23(20)36-18-5-7-35-8-6-18/h1-4,9-10,18-19,21,24,26,32H,5-8,11-14H2,(H,30,33)(H,31,34)/t19-,21-,24-,26+/m0/s1. The highest BCUT2D eigenvalue weighted by Gasteiger charge is 2.46. The van der Waals surface area contributed by atoms with Crippen LogP contribution >= 0.6 is 0 Å². The normalized spacial score (nSPS) is 25.5. The maximum Gasteiger partial charge on any atom is 0.230 e. The van der Waals surface area contributed by atoms with Crippen molar-refractivity contribution in [2.75, 3.05) is 25.1 Å². The highest BCUT2D eigenvalue weighted by molar-refractivity contribution is 5.95. The number of aliphatic hydroxyl groups excluding tert-OH is 1. The molecule has 0 aliphatic carbocycles. The lowest BCUT2D eigenvalue weighted by Crippen LogP contribution is -2.48. The minimum Gasteiger partial charge on any atom is -0.490 e. The predicted octanol–water partition coefficient (Wildman–Crippen LogP) is 3.03. The molecule has 2 bridgehead atoms. The predicted molar refractivity (Wildman–Crippen MR) is 129 cm³/mol. The zero-order valence-corrected chi connectivity index (χ0v) is 20.3. The smallest absolute Gasteiger partial charge is 0.230 e. The van der Waals surface area contributed by atoms with Crippen molar-refractivity contribution < 1.29 is 37.7 Å². The molecule has 2 aromatic carbocycles. The molecular formula is C27H30F2N2O6. The van der Waals surface area contributed by atoms with Gasteiger partial charge in [-0.2, -0.15) is 0 Å². The van der Waals surface area contributed by atoms with Gasteiger partial charge >= 0.3 is 0 Å². The van der Waals surface area contributed by atoms with Gasteiger partial charge in [0.25, 0.3) is 0 Å². The molecule has 0 aromatic heterocycles. The Morgan fingerprint density at radius 2 is 1.97 bits per heavy atom. The summed E-state index contributed by atoms with van der Waals surface area (Å²) >= 11 is 0. The van der Waals surface area contributed by atoms with Crippen molar-refractivity contribution in [1.29, 1.82) is 0 Å². The quantitative estimate of drug-likeness (QED) is 0.523. The fourth-order valence-corrected chi connectivity index (χ4v) is 5.41. The van der Waals surface area contributed by atoms with Crippen LogP contribution in [0.15, 0.2) is 36.4 Å². The van der Waals surface area contributed by atoms with Gasteiger partial charge in [0.15, 0.2) is 0 Å². The summed E-state index contributed by atoms with van der Waals surface area (Å²) in [5.74, 6) is -2.21. The second-order valence-electron chi connectivity index (χ2n) is 9.74. The van der Waals surface area contributed by atoms with Gasteiger partial charge < -0.3 is 30.0 Å². The van der Waals surface area contributed by atoms with Crippen molar-refractivity contribution >= 4 is 17.5 Å². The number of carbonyl (C=O) groups is 2. The first-order valence-corrected chi connectivity index (χ1v) is 12.6. The molecule has 8 nitrogen and oxygen atoms in total. The molecule has 0 unspecified atom stereocenters. The van der Waals surface area contributed by atoms with Gasteiger partial charge in [-0.05, 0) is 42.8 Å². The fourth-order valence-electron chi connectivity index (χ4n) is 5.41. The maximum atomic E-state index is 13.9. The zero-order chi connectivity index (χ0) is 25.9. The van der Waals surface area contributed by atoms with E-state index in [2.05, 4.69) is 10.6 Å². The minimum absolute atomic E-state index is 0.000475. The van der Waals surface area contributed by atoms with E-state index >= 15 is 0 Å². The molecule has 3 heterocycles. The average molecular weight is 517 g/mol. The largest absolute Gasteiger partial charge is 0.490 e. The van der Waals surface area contributed by atoms with Crippen molar-refractivity contribution in [1.82, 2.24) is 5.32 Å². The first-order valence-electron chi connectivity index (χ1n) is 12.6. The van der Waals surface area contributed by atoms with Gasteiger partial charge in [0.2, 0.25) is 11.8 Å². The van der Waals surface area contributed by atoms with Crippen molar-refractivity contribution in [3.8, 4) is 5.75 Å². The van der Waals surface area contributed by atoms with Crippen LogP contribution in [0.5, 0.6) is 5.75 Å². The lowest BCUT2D eigenvalue weighted by molar-refractivity contribution is -0.148. The molecule has 3 aliphatic rings. The average Bonchev–Trinajstić information content (AvgIpc) is 3.00. The molecule has 3 N–H and O–H groups in total. The molecule has 0 saturated carbocycles. The van der Waals surface area contributed by atoms with Gasteiger partial charge in [0, 0.05) is 42.1 Å². The summed E-state index contributed by atoms with van der Waals surface area (Å²) in [6.07, 6.45) is 0.411. The number of benzene rings is 2. The molecular weight excluding hydrogens is 486 g/mol. The van der Waals surface area contributed by atoms with Gasteiger partial charge in [-0.15, -0.1) is 0 Å². The highest BCUT2D eigenvalue weighted by Crippen LogP contribution is 2.46. The molecule has 3 aliphatic heterocycles. The van der Waals surface area contributed by atoms with E-state index in [-0.39, 0.29) is 36.5 Å². The van der Waals surface area contributed by atoms with Gasteiger partial charge in [0.1, 0.15) is 23.5 Å². The fraction of sp³-hybridized carbons (Fsp3) is 0.481. The van der Waals surface area contributed by atoms with E-state index in [1.807, 2.05) is 12.1 Å². The van der Waals surface area contributed by atoms with E-state index in [0.29, 0.717) is 31.1 Å². The Labute approximate surface area is 213 Å². The van der Waals surface area contributed by atoms with Crippen LogP contribution < -0.4 is 15.4 Å². The molecule has 2 amide bonds. The van der Waals surface area contributed by atoms with Crippen LogP contribution in [0.25, 0.3) is 0 Å². The van der Waals surface area contributed by atoms with Crippen LogP contribution in [0.2, 0.25) is 0 Å². The Balaban J connectivity index is 1.33. The molecule has 2 aromatic rings. The Kier molecular flexibility index (Phi) is 7.68. The number of anilines is 1. The number of aliphatic hydroxyl groups is 1. The highest BCUT2D eigenvalue weighted by atomic mass is 19.1. The van der Waals surface area contributed by atoms with Crippen LogP contribution in [0.3, 0.4) is 0 Å². The molecule has 5 rings (SSSR count). The van der Waals surface area contributed by atoms with E-state index in [1.165, 1.54) is 0 Å². The zero-order valence-electron chi connectivity index (χ0n) is 20.3. The van der Waals surface area contributed by atoms with Crippen molar-refractivity contribution in [2.45, 2.75) is 56.5 Å². The molecule has 2 saturated heterocycles. The molecule has 4 atom stereocenters. The van der Waals surface area contributed by atoms with E-state index in [9.17, 15) is 23.5 Å². The topological polar surface area (TPSA) is 106 Å². The van der Waals surface area contributed by atoms with Crippen LogP contribution in [0, 0.1) is 17.6 Å². The van der Waals surface area contributed by atoms with E-state index in [0.717, 1.165) is 36.6 Å². The number of nitrogens with one attached hydrogen (secondary N) is 2. The van der Waals surface area contributed by atoms with Crippen LogP contribution in [0.4, 0.5) is 14.5 Å². The number of carbonyl (C=O) groups excluding carboxylic acids is 2. The Bertz CT molecular complexity index is 1160. The molecule has 198 valence electrons. The molecule has 37 heavy (non-hydrogen) atoms. The summed E-state index contributed by atoms with van der Waals surface area (Å²) in [6, 6.07) is 8.59. The number of ether oxygens (including phenoxy) is 3. The molecule has 0 spiro atoms. The van der Waals surface area contributed by atoms with Crippen molar-refractivity contribution in [3.05, 3.63) is 59.2 Å². The molecule has 2 fully saturated rings. The number of rotatable bonds is 7. The first-order chi connectivity index (χ1) is 17.9. The van der Waals surface area contributed by atoms with Gasteiger partial charge in [-0.1, -0.05) is 0 Å². The van der Waals surface area contributed by atoms with Gasteiger partial charge in [-0.3, -0.25) is 9.59 Å². The van der Waals surface area contributed by atoms with E-state index < -0.39 is 42.3 Å². The summed E-state index contributed by atoms with van der Waals surface area (Å²) in [7, 11) is 0. The van der Waals surface area contributed by atoms with Crippen LogP contribution in [-0.4, -0.2) is 55.1 Å². The third kappa shape index (κ3) is 5.76. The van der Waals surface area contributed by atoms with Gasteiger partial charge in [-0.25, -0.2) is 8.78 Å². The van der Waals surface area contributed by atoms with Gasteiger partial charge in [0.05, 0.1) is 44.4 Å². The molecule has 0 radical (unpaired) electrons. The summed E-state index contributed by atoms with van der Waals surface area (Å²) in [6.45, 7) is 0.689. The summed E-state index contributed by atoms with van der Waals surface area (Å²) in [4.78, 5) is 25.8. The lowest BCUT2D eigenvalue weighted by Gasteiger charge is -2.40. The summed E-state index contributed by atoms with van der Waals surface area (Å²) < 4.78 is 45.1. The summed E-state index contributed by atoms with van der Waals surface area (Å²) in [5, 5.41) is 15.6. The van der Waals surface area contributed by atoms with Crippen molar-refractivity contribution in [2.24, 2.45) is 5.92 Å². The Morgan fingerprint density at radius 3 is 2.76 bits per heavy atom. The van der Waals surface area contributed by atoms with Crippen molar-refractivity contribution in [3.63, 3.8) is 0 Å². The van der Waals surface area contributed by atoms with E-state index in [4.69, 9.17) is 14.2 Å². The number of amides is 2. The van der Waals surface area contributed by atoms with Crippen LogP contribution in [-0.2, 0) is 25.6 Å². The van der Waals surface area contributed by atoms with Crippen LogP contribution in [0.1, 0.15) is 42.7 Å². The SMILES string of the molecule is O=C(C[C@@H]1C[C@H]2c3cc(ccc3OC3CCOCC3)NC(=O)[C@H]2[C@H](CO)O1)NCc1cc(F)ccc1F. The molecule has 10 heteroatoms. The third-order valence-corrected chi connectivity index (χ3v) is 7.24. The maximum absolute atomic E-state index is 13.9. The third-order valence-electron chi connectivity index (χ3n) is 7.24. The monoisotopic (exact) mass is 516 g/mol. The Morgan fingerprint density at radius 1 is 1.16 bits per heavy atom. The number of halogens is 2. The summed E-state index contributed by atoms with van der Waals surface area (Å²) in [5.41, 5.74) is 1.51. The second kappa shape index (κ2) is 11.1. The number of hydrogen-bond acceptors (Lipinski definition) is 6.